The molecule has 3 rings (SSSR count). The summed E-state index contributed by atoms with van der Waals surface area (Å²) in [6, 6.07) is 6.64. The van der Waals surface area contributed by atoms with E-state index in [-0.39, 0.29) is 27.7 Å². The standard InChI is InChI=1S/C17H13F4N3O3S/c1-27-13-6-10(5-11(18)7-13)14-8-15(17(19,20)21)23-24(14)12-3-4-16(22-9-12)28(2,25)26/h3-9H,1-2H3. The maximum absolute atomic E-state index is 13.8. The van der Waals surface area contributed by atoms with Gasteiger partial charge in [-0.3, -0.25) is 0 Å². The van der Waals surface area contributed by atoms with Crippen molar-refractivity contribution in [3.05, 3.63) is 54.1 Å². The van der Waals surface area contributed by atoms with Gasteiger partial charge in [0, 0.05) is 17.9 Å². The molecular weight excluding hydrogens is 402 g/mol. The van der Waals surface area contributed by atoms with E-state index in [0.29, 0.717) is 0 Å². The number of methoxy groups -OCH3 is 1. The van der Waals surface area contributed by atoms with Gasteiger partial charge in [-0.05, 0) is 30.3 Å². The van der Waals surface area contributed by atoms with Crippen LogP contribution in [-0.2, 0) is 16.0 Å². The molecule has 0 N–H and O–H groups in total. The number of benzene rings is 1. The molecule has 0 radical (unpaired) electrons. The minimum atomic E-state index is -4.74. The summed E-state index contributed by atoms with van der Waals surface area (Å²) >= 11 is 0. The number of aromatic nitrogens is 3. The van der Waals surface area contributed by atoms with Crippen molar-refractivity contribution in [2.75, 3.05) is 13.4 Å². The van der Waals surface area contributed by atoms with Gasteiger partial charge in [0.25, 0.3) is 0 Å². The third-order valence-electron chi connectivity index (χ3n) is 3.75. The Kier molecular flexibility index (Phi) is 4.88. The van der Waals surface area contributed by atoms with Crippen LogP contribution >= 0.6 is 0 Å². The summed E-state index contributed by atoms with van der Waals surface area (Å²) < 4.78 is 82.3. The third kappa shape index (κ3) is 3.98. The van der Waals surface area contributed by atoms with E-state index in [1.165, 1.54) is 19.2 Å². The minimum Gasteiger partial charge on any atom is -0.497 e. The zero-order valence-corrected chi connectivity index (χ0v) is 15.3. The van der Waals surface area contributed by atoms with Gasteiger partial charge in [0.2, 0.25) is 0 Å². The van der Waals surface area contributed by atoms with E-state index in [1.54, 1.807) is 0 Å². The van der Waals surface area contributed by atoms with Gasteiger partial charge in [-0.15, -0.1) is 0 Å². The summed E-state index contributed by atoms with van der Waals surface area (Å²) in [6.07, 6.45) is -2.71. The summed E-state index contributed by atoms with van der Waals surface area (Å²) in [5.41, 5.74) is -1.11. The first-order valence-electron chi connectivity index (χ1n) is 7.68. The number of hydrogen-bond donors (Lipinski definition) is 0. The molecule has 0 bridgehead atoms. The van der Waals surface area contributed by atoms with E-state index in [4.69, 9.17) is 4.74 Å². The van der Waals surface area contributed by atoms with E-state index in [1.807, 2.05) is 0 Å². The molecule has 11 heteroatoms. The van der Waals surface area contributed by atoms with Crippen molar-refractivity contribution < 1.29 is 30.7 Å². The van der Waals surface area contributed by atoms with Gasteiger partial charge in [-0.2, -0.15) is 18.3 Å². The lowest BCUT2D eigenvalue weighted by molar-refractivity contribution is -0.141. The average molecular weight is 415 g/mol. The van der Waals surface area contributed by atoms with Crippen LogP contribution in [0.25, 0.3) is 16.9 Å². The van der Waals surface area contributed by atoms with Crippen LogP contribution in [0.4, 0.5) is 17.6 Å². The number of alkyl halides is 3. The quantitative estimate of drug-likeness (QED) is 0.610. The van der Waals surface area contributed by atoms with Crippen LogP contribution in [0.1, 0.15) is 5.69 Å². The van der Waals surface area contributed by atoms with Crippen molar-refractivity contribution in [2.24, 2.45) is 0 Å². The fourth-order valence-corrected chi connectivity index (χ4v) is 3.03. The van der Waals surface area contributed by atoms with Crippen molar-refractivity contribution in [2.45, 2.75) is 11.2 Å². The first kappa shape index (κ1) is 19.8. The highest BCUT2D eigenvalue weighted by Gasteiger charge is 2.35. The Morgan fingerprint density at radius 2 is 1.82 bits per heavy atom. The van der Waals surface area contributed by atoms with E-state index < -0.39 is 27.5 Å². The monoisotopic (exact) mass is 415 g/mol. The summed E-state index contributed by atoms with van der Waals surface area (Å²) in [7, 11) is -2.29. The molecule has 0 aliphatic rings. The molecule has 1 aromatic carbocycles. The van der Waals surface area contributed by atoms with Gasteiger partial charge in [-0.1, -0.05) is 0 Å². The van der Waals surface area contributed by atoms with Gasteiger partial charge in [-0.25, -0.2) is 22.5 Å². The number of ether oxygens (including phenoxy) is 1. The topological polar surface area (TPSA) is 74.1 Å². The molecule has 6 nitrogen and oxygen atoms in total. The molecule has 2 heterocycles. The summed E-state index contributed by atoms with van der Waals surface area (Å²) in [5, 5.41) is 3.30. The Morgan fingerprint density at radius 1 is 1.11 bits per heavy atom. The predicted molar refractivity (Wildman–Crippen MR) is 91.4 cm³/mol. The van der Waals surface area contributed by atoms with E-state index in [0.717, 1.165) is 41.4 Å². The van der Waals surface area contributed by atoms with Crippen molar-refractivity contribution in [3.63, 3.8) is 0 Å². The predicted octanol–water partition coefficient (Wildman–Crippen LogP) is 3.50. The zero-order valence-electron chi connectivity index (χ0n) is 14.5. The molecule has 148 valence electrons. The Bertz CT molecular complexity index is 1120. The Balaban J connectivity index is 2.21. The second-order valence-corrected chi connectivity index (χ2v) is 7.79. The molecule has 0 aliphatic heterocycles. The summed E-state index contributed by atoms with van der Waals surface area (Å²) in [4.78, 5) is 3.76. The molecule has 0 atom stereocenters. The first-order valence-corrected chi connectivity index (χ1v) is 9.57. The smallest absolute Gasteiger partial charge is 0.435 e. The highest BCUT2D eigenvalue weighted by molar-refractivity contribution is 7.90. The van der Waals surface area contributed by atoms with Gasteiger partial charge in [0.1, 0.15) is 11.6 Å². The Labute approximate surface area is 157 Å². The van der Waals surface area contributed by atoms with Crippen molar-refractivity contribution >= 4 is 9.84 Å². The highest BCUT2D eigenvalue weighted by Crippen LogP contribution is 2.34. The summed E-state index contributed by atoms with van der Waals surface area (Å²) in [5.74, 6) is -0.594. The van der Waals surface area contributed by atoms with Gasteiger partial charge >= 0.3 is 6.18 Å². The van der Waals surface area contributed by atoms with Crippen LogP contribution in [0, 0.1) is 5.82 Å². The molecule has 0 saturated carbocycles. The average Bonchev–Trinajstić information content (AvgIpc) is 3.06. The highest BCUT2D eigenvalue weighted by atomic mass is 32.2. The van der Waals surface area contributed by atoms with E-state index in [9.17, 15) is 26.0 Å². The fourth-order valence-electron chi connectivity index (χ4n) is 2.47. The molecular formula is C17H13F4N3O3S. The van der Waals surface area contributed by atoms with Gasteiger partial charge in [0.05, 0.1) is 24.7 Å². The number of halogens is 4. The third-order valence-corrected chi connectivity index (χ3v) is 4.75. The second-order valence-electron chi connectivity index (χ2n) is 5.83. The lowest BCUT2D eigenvalue weighted by Crippen LogP contribution is -2.08. The van der Waals surface area contributed by atoms with Crippen LogP contribution in [0.15, 0.2) is 47.6 Å². The lowest BCUT2D eigenvalue weighted by atomic mass is 10.1. The van der Waals surface area contributed by atoms with Gasteiger partial charge < -0.3 is 4.74 Å². The summed E-state index contributed by atoms with van der Waals surface area (Å²) in [6.45, 7) is 0. The van der Waals surface area contributed by atoms with Crippen molar-refractivity contribution in [3.8, 4) is 22.7 Å². The normalized spacial score (nSPS) is 12.2. The first-order chi connectivity index (χ1) is 13.0. The van der Waals surface area contributed by atoms with Crippen LogP contribution in [0.2, 0.25) is 0 Å². The van der Waals surface area contributed by atoms with Crippen molar-refractivity contribution in [1.82, 2.24) is 14.8 Å². The molecule has 0 amide bonds. The second kappa shape index (κ2) is 6.89. The largest absolute Gasteiger partial charge is 0.497 e. The molecule has 0 aliphatic carbocycles. The van der Waals surface area contributed by atoms with E-state index >= 15 is 0 Å². The number of nitrogens with zero attached hydrogens (tertiary/aromatic N) is 3. The molecule has 0 unspecified atom stereocenters. The van der Waals surface area contributed by atoms with Crippen LogP contribution in [0.3, 0.4) is 0 Å². The molecule has 2 aromatic heterocycles. The number of hydrogen-bond acceptors (Lipinski definition) is 5. The molecule has 3 aromatic rings. The lowest BCUT2D eigenvalue weighted by Gasteiger charge is -2.09. The van der Waals surface area contributed by atoms with Gasteiger partial charge in [0.15, 0.2) is 20.6 Å². The molecule has 0 saturated heterocycles. The maximum Gasteiger partial charge on any atom is 0.435 e. The fraction of sp³-hybridized carbons (Fsp3) is 0.176. The van der Waals surface area contributed by atoms with Crippen LogP contribution in [0.5, 0.6) is 5.75 Å². The zero-order chi connectivity index (χ0) is 20.7. The minimum absolute atomic E-state index is 0.0703. The molecule has 28 heavy (non-hydrogen) atoms. The Morgan fingerprint density at radius 3 is 2.36 bits per heavy atom. The number of sulfone groups is 1. The van der Waals surface area contributed by atoms with E-state index in [2.05, 4.69) is 10.1 Å². The van der Waals surface area contributed by atoms with Crippen molar-refractivity contribution in [1.29, 1.82) is 0 Å². The number of rotatable bonds is 4. The SMILES string of the molecule is COc1cc(F)cc(-c2cc(C(F)(F)F)nn2-c2ccc(S(C)(=O)=O)nc2)c1. The molecule has 0 spiro atoms. The maximum atomic E-state index is 13.8. The molecule has 0 fully saturated rings. The van der Waals surface area contributed by atoms with Crippen LogP contribution in [-0.4, -0.2) is 36.5 Å². The Hall–Kier alpha value is -2.95. The number of pyridine rings is 1. The van der Waals surface area contributed by atoms with Crippen LogP contribution < -0.4 is 4.74 Å².